The monoisotopic (exact) mass is 386 g/mol. The van der Waals surface area contributed by atoms with E-state index in [1.807, 2.05) is 36.4 Å². The lowest BCUT2D eigenvalue weighted by atomic mass is 9.93. The van der Waals surface area contributed by atoms with Gasteiger partial charge in [0.2, 0.25) is 12.7 Å². The Morgan fingerprint density at radius 1 is 1.15 bits per heavy atom. The molecule has 142 valence electrons. The molecule has 1 aromatic carbocycles. The number of carbonyl (C=O) groups is 1. The Morgan fingerprint density at radius 2 is 2.00 bits per heavy atom. The van der Waals surface area contributed by atoms with Crippen LogP contribution in [0.25, 0.3) is 0 Å². The van der Waals surface area contributed by atoms with Crippen LogP contribution in [0.4, 0.5) is 0 Å². The van der Waals surface area contributed by atoms with Gasteiger partial charge >= 0.3 is 0 Å². The molecule has 1 saturated carbocycles. The first-order valence-corrected chi connectivity index (χ1v) is 10.1. The van der Waals surface area contributed by atoms with E-state index in [0.717, 1.165) is 48.0 Å². The largest absolute Gasteiger partial charge is 0.490 e. The summed E-state index contributed by atoms with van der Waals surface area (Å²) in [6.07, 6.45) is 5.60. The zero-order valence-corrected chi connectivity index (χ0v) is 15.7. The van der Waals surface area contributed by atoms with Crippen LogP contribution in [-0.2, 0) is 4.79 Å². The fourth-order valence-corrected chi connectivity index (χ4v) is 3.98. The van der Waals surface area contributed by atoms with Gasteiger partial charge in [0.1, 0.15) is 5.75 Å². The highest BCUT2D eigenvalue weighted by Gasteiger charge is 2.24. The fourth-order valence-electron chi connectivity index (χ4n) is 3.31. The number of ether oxygens (including phenoxy) is 3. The number of thioether (sulfide) groups is 1. The van der Waals surface area contributed by atoms with Crippen molar-refractivity contribution in [3.63, 3.8) is 0 Å². The van der Waals surface area contributed by atoms with Gasteiger partial charge < -0.3 is 19.5 Å². The summed E-state index contributed by atoms with van der Waals surface area (Å²) in [5, 5.41) is 4.00. The maximum Gasteiger partial charge on any atom is 0.231 e. The molecular weight excluding hydrogens is 364 g/mol. The molecule has 27 heavy (non-hydrogen) atoms. The van der Waals surface area contributed by atoms with Crippen molar-refractivity contribution in [1.29, 1.82) is 0 Å². The van der Waals surface area contributed by atoms with Crippen molar-refractivity contribution in [1.82, 2.24) is 10.3 Å². The number of pyridine rings is 1. The number of benzene rings is 1. The molecule has 0 unspecified atom stereocenters. The summed E-state index contributed by atoms with van der Waals surface area (Å²) in [7, 11) is 0. The van der Waals surface area contributed by atoms with Crippen LogP contribution in [0.2, 0.25) is 0 Å². The molecular formula is C20H22N2O4S. The van der Waals surface area contributed by atoms with Crippen molar-refractivity contribution >= 4 is 17.7 Å². The number of hydrogen-bond donors (Lipinski definition) is 1. The number of carbonyl (C=O) groups excluding carboxylic acids is 1. The Bertz CT molecular complexity index is 779. The lowest BCUT2D eigenvalue weighted by Gasteiger charge is -2.29. The average Bonchev–Trinajstić information content (AvgIpc) is 3.17. The number of nitrogens with one attached hydrogen (secondary N) is 1. The molecule has 1 amide bonds. The van der Waals surface area contributed by atoms with Crippen molar-refractivity contribution < 1.29 is 19.0 Å². The molecule has 1 fully saturated rings. The summed E-state index contributed by atoms with van der Waals surface area (Å²) in [4.78, 5) is 16.4. The maximum absolute atomic E-state index is 12.1. The molecule has 1 N–H and O–H groups in total. The summed E-state index contributed by atoms with van der Waals surface area (Å²) in [6, 6.07) is 11.6. The minimum atomic E-state index is 0.0609. The lowest BCUT2D eigenvalue weighted by Crippen LogP contribution is -2.40. The molecule has 1 aliphatic heterocycles. The zero-order valence-electron chi connectivity index (χ0n) is 14.9. The predicted molar refractivity (Wildman–Crippen MR) is 102 cm³/mol. The van der Waals surface area contributed by atoms with Gasteiger partial charge in [0.25, 0.3) is 0 Å². The third-order valence-electron chi connectivity index (χ3n) is 4.68. The summed E-state index contributed by atoms with van der Waals surface area (Å²) >= 11 is 1.46. The van der Waals surface area contributed by atoms with Gasteiger partial charge in [-0.25, -0.2) is 4.98 Å². The van der Waals surface area contributed by atoms with E-state index in [2.05, 4.69) is 10.3 Å². The van der Waals surface area contributed by atoms with Crippen LogP contribution < -0.4 is 19.5 Å². The molecule has 1 aromatic heterocycles. The third-order valence-corrected chi connectivity index (χ3v) is 5.62. The highest BCUT2D eigenvalue weighted by Crippen LogP contribution is 2.36. The topological polar surface area (TPSA) is 69.7 Å². The molecule has 1 aliphatic carbocycles. The first-order valence-electron chi connectivity index (χ1n) is 9.16. The highest BCUT2D eigenvalue weighted by atomic mass is 32.2. The number of nitrogens with zero attached hydrogens (tertiary/aromatic N) is 1. The van der Waals surface area contributed by atoms with Crippen LogP contribution >= 0.6 is 11.8 Å². The van der Waals surface area contributed by atoms with E-state index in [0.29, 0.717) is 5.75 Å². The molecule has 2 heterocycles. The predicted octanol–water partition coefficient (Wildman–Crippen LogP) is 3.41. The first-order chi connectivity index (χ1) is 13.3. The molecule has 2 aliphatic rings. The summed E-state index contributed by atoms with van der Waals surface area (Å²) < 4.78 is 16.8. The third kappa shape index (κ3) is 4.86. The van der Waals surface area contributed by atoms with Gasteiger partial charge in [0.05, 0.1) is 16.9 Å². The Kier molecular flexibility index (Phi) is 5.67. The minimum Gasteiger partial charge on any atom is -0.490 e. The van der Waals surface area contributed by atoms with Gasteiger partial charge in [-0.3, -0.25) is 4.79 Å². The number of amides is 1. The number of aromatic nitrogens is 1. The Morgan fingerprint density at radius 3 is 2.81 bits per heavy atom. The van der Waals surface area contributed by atoms with Crippen molar-refractivity contribution in [3.8, 4) is 17.2 Å². The molecule has 0 radical (unpaired) electrons. The molecule has 0 bridgehead atoms. The quantitative estimate of drug-likeness (QED) is 0.768. The van der Waals surface area contributed by atoms with Gasteiger partial charge in [-0.05, 0) is 49.9 Å². The van der Waals surface area contributed by atoms with Gasteiger partial charge in [-0.2, -0.15) is 0 Å². The van der Waals surface area contributed by atoms with Gasteiger partial charge in [0.15, 0.2) is 11.5 Å². The van der Waals surface area contributed by atoms with Gasteiger partial charge in [-0.1, -0.05) is 17.8 Å². The zero-order chi connectivity index (χ0) is 18.5. The van der Waals surface area contributed by atoms with Crippen molar-refractivity contribution in [2.45, 2.75) is 42.9 Å². The van der Waals surface area contributed by atoms with Crippen molar-refractivity contribution in [2.24, 2.45) is 0 Å². The molecule has 2 aromatic rings. The van der Waals surface area contributed by atoms with E-state index >= 15 is 0 Å². The van der Waals surface area contributed by atoms with Gasteiger partial charge in [-0.15, -0.1) is 0 Å². The van der Waals surface area contributed by atoms with E-state index in [1.54, 1.807) is 6.20 Å². The highest BCUT2D eigenvalue weighted by molar-refractivity contribution is 7.99. The van der Waals surface area contributed by atoms with Crippen LogP contribution in [0.5, 0.6) is 17.2 Å². The number of hydrogen-bond acceptors (Lipinski definition) is 6. The summed E-state index contributed by atoms with van der Waals surface area (Å²) in [5.41, 5.74) is 0. The Hall–Kier alpha value is -2.41. The van der Waals surface area contributed by atoms with E-state index in [4.69, 9.17) is 14.2 Å². The normalized spacial score (nSPS) is 20.9. The van der Waals surface area contributed by atoms with E-state index in [-0.39, 0.29) is 24.8 Å². The van der Waals surface area contributed by atoms with Crippen LogP contribution in [0, 0.1) is 0 Å². The standard InChI is InChI=1S/C20H22N2O4S/c23-19(12-27-20-3-1-2-10-21-20)22-14-4-6-15(7-5-14)26-16-8-9-17-18(11-16)25-13-24-17/h1-3,8-11,14-15H,4-7,12-13H2,(H,22,23). The van der Waals surface area contributed by atoms with Crippen molar-refractivity contribution in [2.75, 3.05) is 12.5 Å². The van der Waals surface area contributed by atoms with E-state index in [1.165, 1.54) is 11.8 Å². The Labute approximate surface area is 162 Å². The average molecular weight is 386 g/mol. The SMILES string of the molecule is O=C(CSc1ccccn1)NC1CCC(Oc2ccc3c(c2)OCO3)CC1. The molecule has 0 saturated heterocycles. The Balaban J connectivity index is 1.19. The smallest absolute Gasteiger partial charge is 0.231 e. The second kappa shape index (κ2) is 8.52. The second-order valence-electron chi connectivity index (χ2n) is 6.63. The second-order valence-corrected chi connectivity index (χ2v) is 7.63. The van der Waals surface area contributed by atoms with Crippen molar-refractivity contribution in [3.05, 3.63) is 42.6 Å². The number of rotatable bonds is 6. The van der Waals surface area contributed by atoms with Crippen LogP contribution in [0.3, 0.4) is 0 Å². The minimum absolute atomic E-state index is 0.0609. The summed E-state index contributed by atoms with van der Waals surface area (Å²) in [5.74, 6) is 2.76. The summed E-state index contributed by atoms with van der Waals surface area (Å²) in [6.45, 7) is 0.266. The van der Waals surface area contributed by atoms with Gasteiger partial charge in [0, 0.05) is 18.3 Å². The first kappa shape index (κ1) is 18.0. The molecule has 0 atom stereocenters. The lowest BCUT2D eigenvalue weighted by molar-refractivity contribution is -0.119. The maximum atomic E-state index is 12.1. The molecule has 0 spiro atoms. The van der Waals surface area contributed by atoms with Crippen LogP contribution in [0.1, 0.15) is 25.7 Å². The van der Waals surface area contributed by atoms with E-state index in [9.17, 15) is 4.79 Å². The van der Waals surface area contributed by atoms with Crippen LogP contribution in [0.15, 0.2) is 47.6 Å². The fraction of sp³-hybridized carbons (Fsp3) is 0.400. The number of fused-ring (bicyclic) bond motifs is 1. The molecule has 4 rings (SSSR count). The van der Waals surface area contributed by atoms with E-state index < -0.39 is 0 Å². The molecule has 6 nitrogen and oxygen atoms in total. The van der Waals surface area contributed by atoms with Crippen LogP contribution in [-0.4, -0.2) is 35.6 Å². The molecule has 7 heteroatoms.